The van der Waals surface area contributed by atoms with Gasteiger partial charge in [-0.15, -0.1) is 0 Å². The van der Waals surface area contributed by atoms with Crippen molar-refractivity contribution in [1.82, 2.24) is 0 Å². The van der Waals surface area contributed by atoms with E-state index < -0.39 is 97.5 Å². The molecule has 0 aromatic rings. The first-order valence-corrected chi connectivity index (χ1v) is 37.8. The van der Waals surface area contributed by atoms with Gasteiger partial charge in [-0.25, -0.2) is 9.13 Å². The van der Waals surface area contributed by atoms with Crippen LogP contribution < -0.4 is 0 Å². The lowest BCUT2D eigenvalue weighted by Gasteiger charge is -2.21. The van der Waals surface area contributed by atoms with Gasteiger partial charge in [-0.1, -0.05) is 280 Å². The fourth-order valence-corrected chi connectivity index (χ4v) is 11.6. The molecule has 0 amide bonds. The number of carbonyl (C=O) groups excluding carboxylic acids is 4. The highest BCUT2D eigenvalue weighted by Gasteiger charge is 2.30. The molecule has 0 saturated heterocycles. The average Bonchev–Trinajstić information content (AvgIpc) is 3.67. The molecule has 0 bridgehead atoms. The first-order chi connectivity index (χ1) is 41.2. The Morgan fingerprint density at radius 3 is 0.791 bits per heavy atom. The lowest BCUT2D eigenvalue weighted by atomic mass is 10.0. The zero-order valence-corrected chi connectivity index (χ0v) is 57.6. The summed E-state index contributed by atoms with van der Waals surface area (Å²) in [7, 11) is -9.89. The number of hydrogen-bond donors (Lipinski definition) is 3. The fourth-order valence-electron chi connectivity index (χ4n) is 10.0. The number of phosphoric ester groups is 2. The largest absolute Gasteiger partial charge is 0.472 e. The van der Waals surface area contributed by atoms with Crippen LogP contribution in [0.4, 0.5) is 0 Å². The highest BCUT2D eigenvalue weighted by Crippen LogP contribution is 2.45. The molecule has 2 unspecified atom stereocenters. The van der Waals surface area contributed by atoms with Crippen molar-refractivity contribution >= 4 is 39.5 Å². The summed E-state index contributed by atoms with van der Waals surface area (Å²) in [5.41, 5.74) is 0. The summed E-state index contributed by atoms with van der Waals surface area (Å²) in [6.45, 7) is 11.7. The average molecular weight is 1270 g/mol. The minimum Gasteiger partial charge on any atom is -0.462 e. The highest BCUT2D eigenvalue weighted by atomic mass is 31.2. The molecule has 0 fully saturated rings. The molecular weight excluding hydrogens is 1140 g/mol. The fraction of sp³-hybridized carbons (Fsp3) is 0.940. The SMILES string of the molecule is CCCCCCCCCCCCC(=O)OC[C@H](COP(=O)(O)OC[C@H](O)COP(=O)(O)OC[C@@H](COC(=O)CCCCCCCCCCCCC(C)C)OC(=O)CCCCCCCCCCCCC(C)C)OC(=O)CCCCCCCCCC(C)C. The van der Waals surface area contributed by atoms with Gasteiger partial charge in [0.2, 0.25) is 0 Å². The van der Waals surface area contributed by atoms with Crippen molar-refractivity contribution < 1.29 is 80.2 Å². The Kier molecular flexibility index (Phi) is 56.9. The van der Waals surface area contributed by atoms with E-state index in [2.05, 4.69) is 48.5 Å². The van der Waals surface area contributed by atoms with E-state index in [1.165, 1.54) is 141 Å². The molecule has 0 saturated carbocycles. The summed E-state index contributed by atoms with van der Waals surface area (Å²) < 4.78 is 68.1. The zero-order valence-electron chi connectivity index (χ0n) is 55.8. The second-order valence-corrected chi connectivity index (χ2v) is 28.5. The second-order valence-electron chi connectivity index (χ2n) is 25.6. The van der Waals surface area contributed by atoms with Gasteiger partial charge in [0.05, 0.1) is 26.4 Å². The van der Waals surface area contributed by atoms with Crippen LogP contribution in [0.2, 0.25) is 0 Å². The third-order valence-electron chi connectivity index (χ3n) is 15.4. The number of hydrogen-bond acceptors (Lipinski definition) is 15. The molecule has 3 N–H and O–H groups in total. The highest BCUT2D eigenvalue weighted by molar-refractivity contribution is 7.47. The van der Waals surface area contributed by atoms with Gasteiger partial charge < -0.3 is 33.8 Å². The van der Waals surface area contributed by atoms with Crippen molar-refractivity contribution in [2.75, 3.05) is 39.6 Å². The molecule has 0 spiro atoms. The summed E-state index contributed by atoms with van der Waals surface area (Å²) in [6, 6.07) is 0. The van der Waals surface area contributed by atoms with Gasteiger partial charge in [-0.05, 0) is 43.4 Å². The molecule has 17 nitrogen and oxygen atoms in total. The summed E-state index contributed by atoms with van der Waals surface area (Å²) in [5, 5.41) is 10.6. The number of rotatable bonds is 65. The van der Waals surface area contributed by atoms with E-state index in [0.29, 0.717) is 31.6 Å². The zero-order chi connectivity index (χ0) is 63.8. The maximum Gasteiger partial charge on any atom is 0.472 e. The van der Waals surface area contributed by atoms with Crippen LogP contribution in [-0.2, 0) is 65.4 Å². The third-order valence-corrected chi connectivity index (χ3v) is 17.3. The molecule has 0 aliphatic rings. The number of unbranched alkanes of at least 4 members (excludes halogenated alkanes) is 33. The van der Waals surface area contributed by atoms with E-state index in [0.717, 1.165) is 102 Å². The molecule has 0 aliphatic carbocycles. The van der Waals surface area contributed by atoms with Gasteiger partial charge in [0.15, 0.2) is 12.2 Å². The standard InChI is InChI=1S/C67H130O17P2/c1-8-9-10-11-12-13-20-27-34-41-48-64(69)77-55-63(84-67(72)51-44-37-30-23-26-33-40-47-60(6)7)57-82-86(75,76)80-53-61(68)52-79-85(73,74)81-56-62(83-66(71)50-43-36-29-22-17-15-19-25-32-39-46-59(4)5)54-78-65(70)49-42-35-28-21-16-14-18-24-31-38-45-58(2)3/h58-63,68H,8-57H2,1-7H3,(H,73,74)(H,75,76)/t61-,62-,63-/m1/s1. The van der Waals surface area contributed by atoms with Crippen LogP contribution in [0.25, 0.3) is 0 Å². The molecule has 86 heavy (non-hydrogen) atoms. The minimum atomic E-state index is -4.95. The summed E-state index contributed by atoms with van der Waals surface area (Å²) >= 11 is 0. The molecule has 0 radical (unpaired) electrons. The number of aliphatic hydroxyl groups is 1. The van der Waals surface area contributed by atoms with E-state index >= 15 is 0 Å². The molecular formula is C67H130O17P2. The lowest BCUT2D eigenvalue weighted by Crippen LogP contribution is -2.30. The van der Waals surface area contributed by atoms with Crippen molar-refractivity contribution in [3.63, 3.8) is 0 Å². The van der Waals surface area contributed by atoms with Gasteiger partial charge in [0, 0.05) is 25.7 Å². The Morgan fingerprint density at radius 1 is 0.314 bits per heavy atom. The van der Waals surface area contributed by atoms with E-state index in [4.69, 9.17) is 37.0 Å². The van der Waals surface area contributed by atoms with Gasteiger partial charge in [-0.3, -0.25) is 37.3 Å². The number of carbonyl (C=O) groups is 4. The number of aliphatic hydroxyl groups excluding tert-OH is 1. The monoisotopic (exact) mass is 1270 g/mol. The Bertz CT molecular complexity index is 1700. The lowest BCUT2D eigenvalue weighted by molar-refractivity contribution is -0.161. The Labute approximate surface area is 524 Å². The van der Waals surface area contributed by atoms with E-state index in [1.54, 1.807) is 0 Å². The van der Waals surface area contributed by atoms with Gasteiger partial charge in [0.25, 0.3) is 0 Å². The topological polar surface area (TPSA) is 237 Å². The van der Waals surface area contributed by atoms with E-state index in [-0.39, 0.29) is 25.7 Å². The maximum absolute atomic E-state index is 13.0. The summed E-state index contributed by atoms with van der Waals surface area (Å²) in [5.74, 6) is 0.0737. The molecule has 0 aromatic carbocycles. The molecule has 0 rings (SSSR count). The normalized spacial score (nSPS) is 14.3. The van der Waals surface area contributed by atoms with Crippen LogP contribution in [0, 0.1) is 17.8 Å². The molecule has 0 heterocycles. The smallest absolute Gasteiger partial charge is 0.462 e. The summed E-state index contributed by atoms with van der Waals surface area (Å²) in [4.78, 5) is 72.4. The first-order valence-electron chi connectivity index (χ1n) is 34.8. The van der Waals surface area contributed by atoms with Crippen LogP contribution in [-0.4, -0.2) is 96.7 Å². The Hall–Kier alpha value is -1.94. The number of esters is 4. The van der Waals surface area contributed by atoms with Crippen LogP contribution >= 0.6 is 15.6 Å². The van der Waals surface area contributed by atoms with Gasteiger partial charge >= 0.3 is 39.5 Å². The van der Waals surface area contributed by atoms with Gasteiger partial charge in [0.1, 0.15) is 19.3 Å². The predicted octanol–water partition coefficient (Wildman–Crippen LogP) is 18.7. The number of phosphoric acid groups is 2. The van der Waals surface area contributed by atoms with Crippen LogP contribution in [0.5, 0.6) is 0 Å². The molecule has 0 aliphatic heterocycles. The van der Waals surface area contributed by atoms with Crippen LogP contribution in [0.1, 0.15) is 331 Å². The van der Waals surface area contributed by atoms with Gasteiger partial charge in [-0.2, -0.15) is 0 Å². The summed E-state index contributed by atoms with van der Waals surface area (Å²) in [6.07, 6.45) is 40.3. The van der Waals surface area contributed by atoms with Crippen LogP contribution in [0.15, 0.2) is 0 Å². The quantitative estimate of drug-likeness (QED) is 0.0222. The third kappa shape index (κ3) is 60.9. The maximum atomic E-state index is 13.0. The van der Waals surface area contributed by atoms with Crippen molar-refractivity contribution in [2.45, 2.75) is 349 Å². The Balaban J connectivity index is 5.25. The van der Waals surface area contributed by atoms with Crippen molar-refractivity contribution in [2.24, 2.45) is 17.8 Å². The van der Waals surface area contributed by atoms with E-state index in [9.17, 15) is 43.2 Å². The van der Waals surface area contributed by atoms with Crippen molar-refractivity contribution in [1.29, 1.82) is 0 Å². The minimum absolute atomic E-state index is 0.103. The molecule has 5 atom stereocenters. The predicted molar refractivity (Wildman–Crippen MR) is 344 cm³/mol. The first kappa shape index (κ1) is 84.1. The number of ether oxygens (including phenoxy) is 4. The molecule has 19 heteroatoms. The second kappa shape index (κ2) is 58.2. The Morgan fingerprint density at radius 2 is 0.535 bits per heavy atom. The van der Waals surface area contributed by atoms with Crippen molar-refractivity contribution in [3.8, 4) is 0 Å². The molecule has 0 aromatic heterocycles. The van der Waals surface area contributed by atoms with E-state index in [1.807, 2.05) is 0 Å². The van der Waals surface area contributed by atoms with Crippen molar-refractivity contribution in [3.05, 3.63) is 0 Å². The molecule has 510 valence electrons. The van der Waals surface area contributed by atoms with Crippen LogP contribution in [0.3, 0.4) is 0 Å².